The molecule has 0 radical (unpaired) electrons. The second-order valence-corrected chi connectivity index (χ2v) is 6.56. The van der Waals surface area contributed by atoms with Crippen molar-refractivity contribution in [3.8, 4) is 0 Å². The molecule has 0 aromatic rings. The molecule has 2 atom stereocenters. The molecule has 0 aliphatic carbocycles. The number of nitrogens with two attached hydrogens (primary N) is 1. The molecule has 2 bridgehead atoms. The van der Waals surface area contributed by atoms with Gasteiger partial charge in [-0.2, -0.15) is 5.06 Å². The van der Waals surface area contributed by atoms with Gasteiger partial charge in [0, 0.05) is 6.54 Å². The van der Waals surface area contributed by atoms with Gasteiger partial charge in [0.15, 0.2) is 0 Å². The molecule has 23 heavy (non-hydrogen) atoms. The van der Waals surface area contributed by atoms with Gasteiger partial charge < -0.3 is 20.7 Å². The van der Waals surface area contributed by atoms with E-state index in [4.69, 9.17) is 10.5 Å². The Bertz CT molecular complexity index is 554. The molecule has 0 spiro atoms. The molecule has 2 rings (SSSR count). The number of carbonyl (C=O) groups is 3. The number of urea groups is 1. The van der Waals surface area contributed by atoms with Crippen molar-refractivity contribution < 1.29 is 24.3 Å². The maximum Gasteiger partial charge on any atom is 0.407 e. The van der Waals surface area contributed by atoms with Crippen molar-refractivity contribution in [1.82, 2.24) is 15.3 Å². The Labute approximate surface area is 134 Å². The molecule has 9 nitrogen and oxygen atoms in total. The van der Waals surface area contributed by atoms with Crippen molar-refractivity contribution in [2.24, 2.45) is 5.73 Å². The van der Waals surface area contributed by atoms with Gasteiger partial charge in [-0.3, -0.25) is 10.0 Å². The largest absolute Gasteiger partial charge is 0.444 e. The fourth-order valence-electron chi connectivity index (χ4n) is 2.63. The summed E-state index contributed by atoms with van der Waals surface area (Å²) in [6, 6.07) is -2.06. The zero-order chi connectivity index (χ0) is 17.4. The number of hydroxylamine groups is 2. The molecule has 0 saturated carbocycles. The van der Waals surface area contributed by atoms with E-state index in [1.807, 2.05) is 0 Å². The average Bonchev–Trinajstić information content (AvgIpc) is 2.65. The van der Waals surface area contributed by atoms with Crippen LogP contribution in [0.15, 0.2) is 11.6 Å². The molecule has 2 aliphatic rings. The molecule has 2 aliphatic heterocycles. The predicted molar refractivity (Wildman–Crippen MR) is 79.4 cm³/mol. The predicted octanol–water partition coefficient (Wildman–Crippen LogP) is 0.191. The van der Waals surface area contributed by atoms with Crippen molar-refractivity contribution in [3.05, 3.63) is 11.6 Å². The first kappa shape index (κ1) is 17.1. The van der Waals surface area contributed by atoms with E-state index in [9.17, 15) is 19.6 Å². The molecule has 1 fully saturated rings. The minimum absolute atomic E-state index is 0.196. The maximum atomic E-state index is 11.9. The molecule has 2 heterocycles. The van der Waals surface area contributed by atoms with Crippen LogP contribution in [0.5, 0.6) is 0 Å². The summed E-state index contributed by atoms with van der Waals surface area (Å²) >= 11 is 0. The van der Waals surface area contributed by atoms with Gasteiger partial charge in [-0.15, -0.1) is 0 Å². The van der Waals surface area contributed by atoms with Gasteiger partial charge in [0.25, 0.3) is 0 Å². The molecule has 128 valence electrons. The van der Waals surface area contributed by atoms with Crippen LogP contribution in [0.4, 0.5) is 9.59 Å². The second-order valence-electron chi connectivity index (χ2n) is 6.56. The van der Waals surface area contributed by atoms with Gasteiger partial charge in [0.05, 0.1) is 12.6 Å². The second kappa shape index (κ2) is 6.07. The topological polar surface area (TPSA) is 125 Å². The van der Waals surface area contributed by atoms with Gasteiger partial charge >= 0.3 is 12.1 Å². The summed E-state index contributed by atoms with van der Waals surface area (Å²) < 4.78 is 5.12. The van der Waals surface area contributed by atoms with Gasteiger partial charge in [-0.25, -0.2) is 9.59 Å². The number of primary amides is 1. The van der Waals surface area contributed by atoms with Crippen LogP contribution in [-0.4, -0.2) is 64.0 Å². The third-order valence-electron chi connectivity index (χ3n) is 3.62. The Morgan fingerprint density at radius 2 is 2.13 bits per heavy atom. The Hall–Kier alpha value is -2.29. The zero-order valence-corrected chi connectivity index (χ0v) is 13.4. The number of hydrogen-bond donors (Lipinski definition) is 3. The van der Waals surface area contributed by atoms with Crippen LogP contribution >= 0.6 is 0 Å². The Morgan fingerprint density at radius 1 is 1.48 bits per heavy atom. The van der Waals surface area contributed by atoms with Crippen molar-refractivity contribution in [3.63, 3.8) is 0 Å². The normalized spacial score (nSPS) is 23.7. The first-order chi connectivity index (χ1) is 10.6. The summed E-state index contributed by atoms with van der Waals surface area (Å²) in [5, 5.41) is 13.0. The minimum Gasteiger partial charge on any atom is -0.444 e. The third kappa shape index (κ3) is 3.73. The molecule has 0 aromatic heterocycles. The summed E-state index contributed by atoms with van der Waals surface area (Å²) in [5.74, 6) is -0.662. The number of nitrogens with one attached hydrogen (secondary N) is 1. The summed E-state index contributed by atoms with van der Waals surface area (Å²) in [6.07, 6.45) is 1.39. The fraction of sp³-hybridized carbons (Fsp3) is 0.643. The van der Waals surface area contributed by atoms with E-state index in [0.29, 0.717) is 17.1 Å². The van der Waals surface area contributed by atoms with Crippen LogP contribution in [-0.2, 0) is 9.53 Å². The number of fused-ring (bicyclic) bond motifs is 2. The number of carbonyl (C=O) groups excluding carboxylic acids is 3. The van der Waals surface area contributed by atoms with Crippen LogP contribution in [0.2, 0.25) is 0 Å². The standard InChI is InChI=1S/C14H22N4O5/c1-14(2,3)23-12(20)16-5-4-8-6-9(11(15)19)17-7-10(8)18(22)13(17)21/h6,9-10,22H,4-5,7H2,1-3H3,(H2,15,19)(H,16,20). The average molecular weight is 326 g/mol. The highest BCUT2D eigenvalue weighted by molar-refractivity contribution is 5.89. The van der Waals surface area contributed by atoms with Crippen LogP contribution in [0, 0.1) is 0 Å². The summed E-state index contributed by atoms with van der Waals surface area (Å²) in [4.78, 5) is 36.1. The molecule has 4 N–H and O–H groups in total. The van der Waals surface area contributed by atoms with Crippen LogP contribution < -0.4 is 11.1 Å². The number of nitrogens with zero attached hydrogens (tertiary/aromatic N) is 2. The Morgan fingerprint density at radius 3 is 2.70 bits per heavy atom. The van der Waals surface area contributed by atoms with Crippen molar-refractivity contribution in [2.75, 3.05) is 13.1 Å². The number of alkyl carbamates (subject to hydrolysis) is 1. The van der Waals surface area contributed by atoms with E-state index >= 15 is 0 Å². The lowest BCUT2D eigenvalue weighted by Gasteiger charge is -2.27. The highest BCUT2D eigenvalue weighted by atomic mass is 16.6. The summed E-state index contributed by atoms with van der Waals surface area (Å²) in [7, 11) is 0. The lowest BCUT2D eigenvalue weighted by atomic mass is 9.97. The van der Waals surface area contributed by atoms with Crippen LogP contribution in [0.1, 0.15) is 27.2 Å². The summed E-state index contributed by atoms with van der Waals surface area (Å²) in [5.41, 5.74) is 5.38. The molecule has 9 heteroatoms. The number of ether oxygens (including phenoxy) is 1. The quantitative estimate of drug-likeness (QED) is 0.502. The van der Waals surface area contributed by atoms with E-state index in [1.165, 1.54) is 4.90 Å². The monoisotopic (exact) mass is 326 g/mol. The van der Waals surface area contributed by atoms with Gasteiger partial charge in [0.2, 0.25) is 5.91 Å². The van der Waals surface area contributed by atoms with Gasteiger partial charge in [0.1, 0.15) is 11.6 Å². The van der Waals surface area contributed by atoms with Crippen molar-refractivity contribution >= 4 is 18.0 Å². The number of amides is 4. The zero-order valence-electron chi connectivity index (χ0n) is 13.4. The highest BCUT2D eigenvalue weighted by Crippen LogP contribution is 2.29. The van der Waals surface area contributed by atoms with Crippen molar-refractivity contribution in [1.29, 1.82) is 0 Å². The maximum absolute atomic E-state index is 11.9. The van der Waals surface area contributed by atoms with Crippen molar-refractivity contribution in [2.45, 2.75) is 44.9 Å². The molecule has 4 amide bonds. The van der Waals surface area contributed by atoms with E-state index in [0.717, 1.165) is 0 Å². The van der Waals surface area contributed by atoms with Crippen LogP contribution in [0.3, 0.4) is 0 Å². The molecular weight excluding hydrogens is 304 g/mol. The number of hydrogen-bond acceptors (Lipinski definition) is 5. The summed E-state index contributed by atoms with van der Waals surface area (Å²) in [6.45, 7) is 5.73. The highest BCUT2D eigenvalue weighted by Gasteiger charge is 2.46. The Balaban J connectivity index is 1.98. The molecule has 2 unspecified atom stereocenters. The van der Waals surface area contributed by atoms with E-state index in [-0.39, 0.29) is 13.1 Å². The first-order valence-corrected chi connectivity index (χ1v) is 7.35. The van der Waals surface area contributed by atoms with E-state index < -0.39 is 35.7 Å². The fourth-order valence-corrected chi connectivity index (χ4v) is 2.63. The van der Waals surface area contributed by atoms with Crippen LogP contribution in [0.25, 0.3) is 0 Å². The number of rotatable bonds is 4. The lowest BCUT2D eigenvalue weighted by molar-refractivity contribution is -0.120. The first-order valence-electron chi connectivity index (χ1n) is 7.35. The third-order valence-corrected chi connectivity index (χ3v) is 3.62. The van der Waals surface area contributed by atoms with Gasteiger partial charge in [-0.05, 0) is 32.8 Å². The molecule has 0 aromatic carbocycles. The Kier molecular flexibility index (Phi) is 4.51. The smallest absolute Gasteiger partial charge is 0.407 e. The van der Waals surface area contributed by atoms with Gasteiger partial charge in [-0.1, -0.05) is 6.08 Å². The lowest BCUT2D eigenvalue weighted by Crippen LogP contribution is -2.46. The molecular formula is C14H22N4O5. The minimum atomic E-state index is -0.882. The SMILES string of the molecule is CC(C)(C)OC(=O)NCCC1=CC(C(N)=O)N2CC1N(O)C2=O. The van der Waals surface area contributed by atoms with E-state index in [1.54, 1.807) is 26.8 Å². The molecule has 1 saturated heterocycles. The van der Waals surface area contributed by atoms with E-state index in [2.05, 4.69) is 5.32 Å².